The lowest BCUT2D eigenvalue weighted by atomic mass is 9.83. The Morgan fingerprint density at radius 2 is 1.63 bits per heavy atom. The third-order valence-corrected chi connectivity index (χ3v) is 8.66. The predicted molar refractivity (Wildman–Crippen MR) is 154 cm³/mol. The summed E-state index contributed by atoms with van der Waals surface area (Å²) in [5.74, 6) is -0.227. The summed E-state index contributed by atoms with van der Waals surface area (Å²) < 4.78 is 3.00. The summed E-state index contributed by atoms with van der Waals surface area (Å²) in [5.41, 5.74) is 2.20. The van der Waals surface area contributed by atoms with Crippen LogP contribution >= 0.6 is 15.9 Å². The predicted octanol–water partition coefficient (Wildman–Crippen LogP) is 6.79. The highest BCUT2D eigenvalue weighted by molar-refractivity contribution is 9.10. The maximum absolute atomic E-state index is 14.7. The molecule has 38 heavy (non-hydrogen) atoms. The van der Waals surface area contributed by atoms with Gasteiger partial charge in [0, 0.05) is 28.0 Å². The number of amides is 2. The monoisotopic (exact) mass is 569 g/mol. The first-order valence-electron chi connectivity index (χ1n) is 13.6. The molecule has 1 N–H and O–H groups in total. The molecule has 0 radical (unpaired) electrons. The van der Waals surface area contributed by atoms with Crippen molar-refractivity contribution in [1.82, 2.24) is 14.8 Å². The van der Waals surface area contributed by atoms with Crippen LogP contribution in [0.3, 0.4) is 0 Å². The molecule has 194 valence electrons. The van der Waals surface area contributed by atoms with E-state index in [4.69, 9.17) is 0 Å². The minimum atomic E-state index is -1.19. The van der Waals surface area contributed by atoms with Gasteiger partial charge in [-0.3, -0.25) is 9.59 Å². The van der Waals surface area contributed by atoms with E-state index < -0.39 is 5.54 Å². The highest BCUT2D eigenvalue weighted by atomic mass is 79.9. The van der Waals surface area contributed by atoms with Crippen molar-refractivity contribution in [3.05, 3.63) is 106 Å². The van der Waals surface area contributed by atoms with Gasteiger partial charge in [-0.2, -0.15) is 0 Å². The molecule has 2 amide bonds. The van der Waals surface area contributed by atoms with Gasteiger partial charge in [0.1, 0.15) is 5.69 Å². The van der Waals surface area contributed by atoms with Crippen LogP contribution < -0.4 is 5.32 Å². The molecule has 5 nitrogen and oxygen atoms in total. The van der Waals surface area contributed by atoms with E-state index in [1.165, 1.54) is 12.8 Å². The Kier molecular flexibility index (Phi) is 6.83. The van der Waals surface area contributed by atoms with Crippen molar-refractivity contribution in [3.63, 3.8) is 0 Å². The number of carbonyl (C=O) groups excluding carboxylic acids is 2. The molecule has 0 bridgehead atoms. The van der Waals surface area contributed by atoms with Gasteiger partial charge in [-0.25, -0.2) is 0 Å². The Morgan fingerprint density at radius 1 is 0.895 bits per heavy atom. The molecular formula is C32H32BrN3O2. The van der Waals surface area contributed by atoms with E-state index in [1.54, 1.807) is 0 Å². The molecule has 3 aromatic carbocycles. The minimum Gasteiger partial charge on any atom is -0.351 e. The number of fused-ring (bicyclic) bond motifs is 3. The van der Waals surface area contributed by atoms with Crippen molar-refractivity contribution in [2.75, 3.05) is 0 Å². The number of carbonyl (C=O) groups is 2. The Morgan fingerprint density at radius 3 is 2.39 bits per heavy atom. The van der Waals surface area contributed by atoms with E-state index in [0.717, 1.165) is 52.2 Å². The largest absolute Gasteiger partial charge is 0.351 e. The summed E-state index contributed by atoms with van der Waals surface area (Å²) >= 11 is 3.58. The second kappa shape index (κ2) is 10.4. The average Bonchev–Trinajstić information content (AvgIpc) is 3.10. The minimum absolute atomic E-state index is 0.0950. The number of hydrogen-bond donors (Lipinski definition) is 1. The van der Waals surface area contributed by atoms with Crippen LogP contribution in [0.25, 0.3) is 10.9 Å². The van der Waals surface area contributed by atoms with E-state index in [1.807, 2.05) is 89.8 Å². The van der Waals surface area contributed by atoms with Crippen LogP contribution in [0, 0.1) is 0 Å². The second-order valence-electron chi connectivity index (χ2n) is 10.6. The lowest BCUT2D eigenvalue weighted by molar-refractivity contribution is -0.136. The summed E-state index contributed by atoms with van der Waals surface area (Å²) in [7, 11) is 0. The number of para-hydroxylation sites is 1. The molecule has 4 aromatic rings. The first-order valence-corrected chi connectivity index (χ1v) is 14.4. The summed E-state index contributed by atoms with van der Waals surface area (Å²) in [6.07, 6.45) is 6.62. The molecule has 0 unspecified atom stereocenters. The maximum Gasteiger partial charge on any atom is 0.272 e. The Labute approximate surface area is 232 Å². The number of benzene rings is 3. The SMILES string of the molecule is O=C1c2cc3ccccc3n2C[C@@](C(=O)NC2CCCCCC2)(c2ccccc2)N1Cc1cccc(Br)c1. The zero-order valence-corrected chi connectivity index (χ0v) is 23.0. The molecule has 0 saturated heterocycles. The molecule has 1 fully saturated rings. The molecule has 6 heteroatoms. The van der Waals surface area contributed by atoms with Crippen molar-refractivity contribution in [2.24, 2.45) is 0 Å². The molecule has 1 aliphatic heterocycles. The van der Waals surface area contributed by atoms with Crippen LogP contribution in [0.1, 0.15) is 60.1 Å². The van der Waals surface area contributed by atoms with Gasteiger partial charge >= 0.3 is 0 Å². The Bertz CT molecular complexity index is 1470. The summed E-state index contributed by atoms with van der Waals surface area (Å²) in [4.78, 5) is 30.9. The Balaban J connectivity index is 1.53. The van der Waals surface area contributed by atoms with Crippen molar-refractivity contribution < 1.29 is 9.59 Å². The summed E-state index contributed by atoms with van der Waals surface area (Å²) in [6.45, 7) is 0.685. The molecule has 0 spiro atoms. The lowest BCUT2D eigenvalue weighted by Crippen LogP contribution is -2.63. The fraction of sp³-hybridized carbons (Fsp3) is 0.312. The number of nitrogens with zero attached hydrogens (tertiary/aromatic N) is 2. The van der Waals surface area contributed by atoms with E-state index >= 15 is 0 Å². The van der Waals surface area contributed by atoms with Gasteiger partial charge in [-0.1, -0.05) is 102 Å². The average molecular weight is 571 g/mol. The quantitative estimate of drug-likeness (QED) is 0.269. The van der Waals surface area contributed by atoms with E-state index in [9.17, 15) is 9.59 Å². The molecule has 2 aliphatic rings. The zero-order valence-electron chi connectivity index (χ0n) is 21.4. The number of aromatic nitrogens is 1. The van der Waals surface area contributed by atoms with Crippen LogP contribution in [-0.2, 0) is 23.4 Å². The van der Waals surface area contributed by atoms with Gasteiger partial charge in [0.2, 0.25) is 0 Å². The van der Waals surface area contributed by atoms with E-state index in [-0.39, 0.29) is 17.9 Å². The molecule has 1 aromatic heterocycles. The van der Waals surface area contributed by atoms with Crippen molar-refractivity contribution >= 4 is 38.6 Å². The highest BCUT2D eigenvalue weighted by Gasteiger charge is 2.52. The molecule has 1 atom stereocenters. The third kappa shape index (κ3) is 4.45. The number of halogens is 1. The van der Waals surface area contributed by atoms with E-state index in [2.05, 4.69) is 25.8 Å². The summed E-state index contributed by atoms with van der Waals surface area (Å²) in [5, 5.41) is 4.44. The smallest absolute Gasteiger partial charge is 0.272 e. The zero-order chi connectivity index (χ0) is 26.1. The first kappa shape index (κ1) is 24.9. The fourth-order valence-electron chi connectivity index (χ4n) is 6.22. The highest BCUT2D eigenvalue weighted by Crippen LogP contribution is 2.40. The number of rotatable bonds is 5. The summed E-state index contributed by atoms with van der Waals surface area (Å²) in [6, 6.07) is 28.0. The van der Waals surface area contributed by atoms with Crippen molar-refractivity contribution in [2.45, 2.75) is 63.2 Å². The van der Waals surface area contributed by atoms with Crippen LogP contribution in [0.15, 0.2) is 89.4 Å². The van der Waals surface area contributed by atoms with Crippen LogP contribution in [-0.4, -0.2) is 27.3 Å². The fourth-order valence-corrected chi connectivity index (χ4v) is 6.67. The molecular weight excluding hydrogens is 538 g/mol. The van der Waals surface area contributed by atoms with E-state index in [0.29, 0.717) is 18.8 Å². The Hall–Kier alpha value is -3.38. The van der Waals surface area contributed by atoms with Gasteiger partial charge in [-0.05, 0) is 48.2 Å². The lowest BCUT2D eigenvalue weighted by Gasteiger charge is -2.47. The van der Waals surface area contributed by atoms with Gasteiger partial charge < -0.3 is 14.8 Å². The topological polar surface area (TPSA) is 54.3 Å². The molecule has 2 heterocycles. The van der Waals surface area contributed by atoms with Crippen LogP contribution in [0.4, 0.5) is 0 Å². The third-order valence-electron chi connectivity index (χ3n) is 8.17. The van der Waals surface area contributed by atoms with Crippen molar-refractivity contribution in [3.8, 4) is 0 Å². The maximum atomic E-state index is 14.7. The number of nitrogens with one attached hydrogen (secondary N) is 1. The number of hydrogen-bond acceptors (Lipinski definition) is 2. The first-order chi connectivity index (χ1) is 18.6. The second-order valence-corrected chi connectivity index (χ2v) is 11.5. The van der Waals surface area contributed by atoms with Crippen LogP contribution in [0.2, 0.25) is 0 Å². The van der Waals surface area contributed by atoms with Gasteiger partial charge in [0.15, 0.2) is 5.54 Å². The van der Waals surface area contributed by atoms with Gasteiger partial charge in [-0.15, -0.1) is 0 Å². The molecule has 6 rings (SSSR count). The normalized spacial score (nSPS) is 20.2. The van der Waals surface area contributed by atoms with Gasteiger partial charge in [0.05, 0.1) is 6.54 Å². The van der Waals surface area contributed by atoms with Crippen molar-refractivity contribution in [1.29, 1.82) is 0 Å². The van der Waals surface area contributed by atoms with Crippen LogP contribution in [0.5, 0.6) is 0 Å². The standard InChI is InChI=1S/C32H32BrN3O2/c33-26-15-10-11-23(19-26)21-36-30(37)29-20-24-12-8-9-18-28(24)35(29)22-32(36,25-13-4-3-5-14-25)31(38)34-27-16-6-1-2-7-17-27/h3-5,8-15,18-20,27H,1-2,6-7,16-17,21-22H2,(H,34,38)/t32-/m0/s1. The molecule has 1 saturated carbocycles. The van der Waals surface area contributed by atoms with Gasteiger partial charge in [0.25, 0.3) is 11.8 Å². The molecule has 1 aliphatic carbocycles.